The van der Waals surface area contributed by atoms with Gasteiger partial charge >= 0.3 is 0 Å². The molecular weight excluding hydrogens is 152 g/mol. The van der Waals surface area contributed by atoms with Crippen LogP contribution in [-0.2, 0) is 0 Å². The fourth-order valence-corrected chi connectivity index (χ4v) is 0.764. The normalized spacial score (nSPS) is 9.08. The lowest BCUT2D eigenvalue weighted by atomic mass is 10.3. The van der Waals surface area contributed by atoms with Gasteiger partial charge in [-0.25, -0.2) is 0 Å². The van der Waals surface area contributed by atoms with Crippen LogP contribution in [0.1, 0.15) is 5.56 Å². The maximum absolute atomic E-state index is 6.84. The molecule has 1 heterocycles. The first-order valence-corrected chi connectivity index (χ1v) is 3.51. The van der Waals surface area contributed by atoms with Crippen LogP contribution in [0, 0.1) is 12.3 Å². The number of aromatic nitrogens is 1. The van der Waals surface area contributed by atoms with Crippen LogP contribution < -0.4 is 4.74 Å². The van der Waals surface area contributed by atoms with Crippen molar-refractivity contribution in [2.45, 2.75) is 6.92 Å². The Morgan fingerprint density at radius 2 is 2.42 bits per heavy atom. The Labute approximate surface area is 71.2 Å². The van der Waals surface area contributed by atoms with E-state index in [0.29, 0.717) is 11.5 Å². The summed E-state index contributed by atoms with van der Waals surface area (Å²) in [6, 6.07) is 1.84. The molecule has 3 nitrogen and oxygen atoms in total. The molecule has 0 amide bonds. The summed E-state index contributed by atoms with van der Waals surface area (Å²) in [5.74, 6) is 0.922. The molecule has 0 saturated heterocycles. The molecule has 0 spiro atoms. The molecule has 62 valence electrons. The van der Waals surface area contributed by atoms with Gasteiger partial charge in [-0.2, -0.15) is 0 Å². The lowest BCUT2D eigenvalue weighted by Crippen LogP contribution is -1.94. The second-order valence-corrected chi connectivity index (χ2v) is 2.41. The molecule has 0 aliphatic rings. The molecule has 0 saturated carbocycles. The van der Waals surface area contributed by atoms with E-state index >= 15 is 0 Å². The second-order valence-electron chi connectivity index (χ2n) is 2.41. The van der Waals surface area contributed by atoms with Gasteiger partial charge in [-0.15, -0.1) is 0 Å². The van der Waals surface area contributed by atoms with E-state index < -0.39 is 0 Å². The molecule has 3 heteroatoms. The zero-order valence-electron chi connectivity index (χ0n) is 6.87. The first-order chi connectivity index (χ1) is 5.72. The lowest BCUT2D eigenvalue weighted by Gasteiger charge is -2.03. The molecule has 0 unspecified atom stereocenters. The Balaban J connectivity index is 2.76. The van der Waals surface area contributed by atoms with Crippen molar-refractivity contribution < 1.29 is 4.74 Å². The van der Waals surface area contributed by atoms with Gasteiger partial charge in [0.05, 0.1) is 12.4 Å². The van der Waals surface area contributed by atoms with Crippen LogP contribution in [0.5, 0.6) is 5.75 Å². The predicted molar refractivity (Wildman–Crippen MR) is 47.5 cm³/mol. The molecule has 12 heavy (non-hydrogen) atoms. The van der Waals surface area contributed by atoms with Crippen LogP contribution in [0.15, 0.2) is 30.8 Å². The highest BCUT2D eigenvalue weighted by atomic mass is 16.5. The molecule has 0 atom stereocenters. The van der Waals surface area contributed by atoms with E-state index in [1.807, 2.05) is 13.0 Å². The number of pyridine rings is 1. The van der Waals surface area contributed by atoms with E-state index in [2.05, 4.69) is 11.6 Å². The average Bonchev–Trinajstić information content (AvgIpc) is 2.04. The van der Waals surface area contributed by atoms with Crippen molar-refractivity contribution >= 4 is 6.21 Å². The standard InChI is InChI=1S/C9H10N2O/c1-7-3-9(6-11-5-7)12-8(2)4-10/h3-6,10H,2H2,1H3. The van der Waals surface area contributed by atoms with Gasteiger partial charge in [0.15, 0.2) is 0 Å². The van der Waals surface area contributed by atoms with E-state index in [9.17, 15) is 0 Å². The number of nitrogens with one attached hydrogen (secondary N) is 1. The number of aryl methyl sites for hydroxylation is 1. The van der Waals surface area contributed by atoms with Crippen LogP contribution in [-0.4, -0.2) is 11.2 Å². The van der Waals surface area contributed by atoms with Crippen molar-refractivity contribution in [3.05, 3.63) is 36.4 Å². The molecule has 1 aromatic heterocycles. The Morgan fingerprint density at radius 3 is 3.00 bits per heavy atom. The van der Waals surface area contributed by atoms with Gasteiger partial charge in [0.1, 0.15) is 11.5 Å². The van der Waals surface area contributed by atoms with Crippen LogP contribution in [0.2, 0.25) is 0 Å². The first-order valence-electron chi connectivity index (χ1n) is 3.51. The summed E-state index contributed by atoms with van der Waals surface area (Å²) < 4.78 is 5.14. The van der Waals surface area contributed by atoms with Crippen molar-refractivity contribution in [1.29, 1.82) is 5.41 Å². The smallest absolute Gasteiger partial charge is 0.146 e. The van der Waals surface area contributed by atoms with Gasteiger partial charge in [-0.1, -0.05) is 6.58 Å². The first kappa shape index (κ1) is 8.46. The Morgan fingerprint density at radius 1 is 1.67 bits per heavy atom. The Bertz CT molecular complexity index is 307. The topological polar surface area (TPSA) is 46.0 Å². The van der Waals surface area contributed by atoms with Crippen molar-refractivity contribution in [2.24, 2.45) is 0 Å². The number of hydrogen-bond acceptors (Lipinski definition) is 3. The van der Waals surface area contributed by atoms with Crippen LogP contribution in [0.25, 0.3) is 0 Å². The van der Waals surface area contributed by atoms with Crippen LogP contribution in [0.4, 0.5) is 0 Å². The van der Waals surface area contributed by atoms with Gasteiger partial charge < -0.3 is 10.1 Å². The van der Waals surface area contributed by atoms with Crippen molar-refractivity contribution in [2.75, 3.05) is 0 Å². The molecule has 0 aromatic carbocycles. The summed E-state index contributed by atoms with van der Waals surface area (Å²) in [4.78, 5) is 3.93. The van der Waals surface area contributed by atoms with E-state index in [1.54, 1.807) is 12.4 Å². The van der Waals surface area contributed by atoms with Gasteiger partial charge in [-0.3, -0.25) is 4.98 Å². The SMILES string of the molecule is C=C(C=N)Oc1cncc(C)c1. The Kier molecular flexibility index (Phi) is 2.58. The van der Waals surface area contributed by atoms with Crippen LogP contribution >= 0.6 is 0 Å². The fourth-order valence-electron chi connectivity index (χ4n) is 0.764. The quantitative estimate of drug-likeness (QED) is 0.545. The van der Waals surface area contributed by atoms with E-state index in [4.69, 9.17) is 10.1 Å². The third-order valence-electron chi connectivity index (χ3n) is 1.26. The molecule has 0 fully saturated rings. The van der Waals surface area contributed by atoms with Gasteiger partial charge in [0.2, 0.25) is 0 Å². The fraction of sp³-hybridized carbons (Fsp3) is 0.111. The van der Waals surface area contributed by atoms with E-state index in [0.717, 1.165) is 11.8 Å². The van der Waals surface area contributed by atoms with Crippen molar-refractivity contribution in [3.8, 4) is 5.75 Å². The number of rotatable bonds is 3. The molecule has 1 N–H and O–H groups in total. The minimum Gasteiger partial charge on any atom is -0.455 e. The predicted octanol–water partition coefficient (Wildman–Crippen LogP) is 1.93. The highest BCUT2D eigenvalue weighted by molar-refractivity contribution is 5.72. The molecular formula is C9H10N2O. The summed E-state index contributed by atoms with van der Waals surface area (Å²) in [5, 5.41) is 6.84. The van der Waals surface area contributed by atoms with Gasteiger partial charge in [0, 0.05) is 6.20 Å². The van der Waals surface area contributed by atoms with Gasteiger partial charge in [0.25, 0.3) is 0 Å². The minimum atomic E-state index is 0.308. The maximum Gasteiger partial charge on any atom is 0.146 e. The van der Waals surface area contributed by atoms with Crippen molar-refractivity contribution in [3.63, 3.8) is 0 Å². The van der Waals surface area contributed by atoms with Crippen molar-refractivity contribution in [1.82, 2.24) is 4.98 Å². The van der Waals surface area contributed by atoms with E-state index in [-0.39, 0.29) is 0 Å². The number of ether oxygens (including phenoxy) is 1. The summed E-state index contributed by atoms with van der Waals surface area (Å²) >= 11 is 0. The third kappa shape index (κ3) is 2.20. The summed E-state index contributed by atoms with van der Waals surface area (Å²) in [6.45, 7) is 5.43. The molecule has 0 bridgehead atoms. The molecule has 0 aliphatic carbocycles. The number of allylic oxidation sites excluding steroid dienone is 1. The molecule has 1 rings (SSSR count). The zero-order chi connectivity index (χ0) is 8.97. The Hall–Kier alpha value is -1.64. The summed E-state index contributed by atoms with van der Waals surface area (Å²) in [7, 11) is 0. The maximum atomic E-state index is 6.84. The highest BCUT2D eigenvalue weighted by Gasteiger charge is 1.95. The second kappa shape index (κ2) is 3.67. The number of nitrogens with zero attached hydrogens (tertiary/aromatic N) is 1. The minimum absolute atomic E-state index is 0.308. The monoisotopic (exact) mass is 162 g/mol. The molecule has 0 aliphatic heterocycles. The zero-order valence-corrected chi connectivity index (χ0v) is 6.87. The largest absolute Gasteiger partial charge is 0.455 e. The summed E-state index contributed by atoms with van der Waals surface area (Å²) in [6.07, 6.45) is 4.38. The lowest BCUT2D eigenvalue weighted by molar-refractivity contribution is 0.456. The molecule has 1 aromatic rings. The summed E-state index contributed by atoms with van der Waals surface area (Å²) in [5.41, 5.74) is 1.02. The number of hydrogen-bond donors (Lipinski definition) is 1. The average molecular weight is 162 g/mol. The third-order valence-corrected chi connectivity index (χ3v) is 1.26. The van der Waals surface area contributed by atoms with Crippen LogP contribution in [0.3, 0.4) is 0 Å². The van der Waals surface area contributed by atoms with E-state index in [1.165, 1.54) is 0 Å². The molecule has 0 radical (unpaired) electrons. The van der Waals surface area contributed by atoms with Gasteiger partial charge in [-0.05, 0) is 18.6 Å². The highest BCUT2D eigenvalue weighted by Crippen LogP contribution is 2.11.